The van der Waals surface area contributed by atoms with E-state index in [0.29, 0.717) is 18.3 Å². The largest absolute Gasteiger partial charge is 0.472 e. The molecule has 0 amide bonds. The average Bonchev–Trinajstić information content (AvgIpc) is 3.18. The van der Waals surface area contributed by atoms with Crippen LogP contribution in [0.2, 0.25) is 0 Å². The predicted octanol–water partition coefficient (Wildman–Crippen LogP) is 3.28. The minimum Gasteiger partial charge on any atom is -0.472 e. The van der Waals surface area contributed by atoms with Gasteiger partial charge in [0.1, 0.15) is 6.26 Å². The Morgan fingerprint density at radius 3 is 3.05 bits per heavy atom. The molecule has 3 aromatic rings. The second kappa shape index (κ2) is 5.09. The van der Waals surface area contributed by atoms with Crippen LogP contribution in [0.15, 0.2) is 51.8 Å². The molecule has 0 unspecified atom stereocenters. The highest BCUT2D eigenvalue weighted by Crippen LogP contribution is 2.28. The zero-order valence-electron chi connectivity index (χ0n) is 11.5. The van der Waals surface area contributed by atoms with Crippen molar-refractivity contribution in [3.8, 4) is 11.4 Å². The number of benzene rings is 1. The molecule has 1 aliphatic rings. The number of anilines is 1. The molecule has 3 heterocycles. The Bertz CT molecular complexity index is 734. The summed E-state index contributed by atoms with van der Waals surface area (Å²) in [5.74, 6) is 1.20. The number of furan rings is 1. The number of hydrogen-bond donors (Lipinski definition) is 0. The fraction of sp³-hybridized carbons (Fsp3) is 0.250. The number of aryl methyl sites for hydroxylation is 1. The van der Waals surface area contributed by atoms with Crippen molar-refractivity contribution in [3.05, 3.63) is 54.3 Å². The zero-order valence-corrected chi connectivity index (χ0v) is 11.5. The minimum atomic E-state index is 0.573. The van der Waals surface area contributed by atoms with Crippen LogP contribution in [0.3, 0.4) is 0 Å². The van der Waals surface area contributed by atoms with E-state index in [0.717, 1.165) is 24.9 Å². The molecule has 0 spiro atoms. The molecule has 0 saturated heterocycles. The van der Waals surface area contributed by atoms with Gasteiger partial charge in [-0.2, -0.15) is 4.98 Å². The van der Waals surface area contributed by atoms with Gasteiger partial charge in [0.2, 0.25) is 11.7 Å². The lowest BCUT2D eigenvalue weighted by molar-refractivity contribution is 0.375. The van der Waals surface area contributed by atoms with E-state index in [-0.39, 0.29) is 0 Å². The molecule has 0 fully saturated rings. The molecule has 2 aromatic heterocycles. The summed E-state index contributed by atoms with van der Waals surface area (Å²) in [6.45, 7) is 1.66. The molecule has 5 heteroatoms. The molecule has 21 heavy (non-hydrogen) atoms. The number of nitrogens with zero attached hydrogens (tertiary/aromatic N) is 3. The molecule has 0 radical (unpaired) electrons. The van der Waals surface area contributed by atoms with E-state index in [2.05, 4.69) is 39.3 Å². The molecule has 0 bridgehead atoms. The van der Waals surface area contributed by atoms with E-state index in [1.54, 1.807) is 12.5 Å². The zero-order chi connectivity index (χ0) is 14.1. The van der Waals surface area contributed by atoms with Crippen LogP contribution < -0.4 is 4.90 Å². The lowest BCUT2D eigenvalue weighted by Crippen LogP contribution is -2.28. The Balaban J connectivity index is 1.57. The van der Waals surface area contributed by atoms with Gasteiger partial charge in [-0.05, 0) is 30.5 Å². The van der Waals surface area contributed by atoms with Crippen molar-refractivity contribution < 1.29 is 8.94 Å². The number of fused-ring (bicyclic) bond motifs is 1. The molecule has 0 aliphatic carbocycles. The van der Waals surface area contributed by atoms with Gasteiger partial charge in [0, 0.05) is 12.2 Å². The lowest BCUT2D eigenvalue weighted by atomic mass is 10.0. The SMILES string of the molecule is c1ccc2c(c1)CCCN2Cc1nc(-c2ccoc2)no1. The van der Waals surface area contributed by atoms with Gasteiger partial charge in [-0.3, -0.25) is 0 Å². The Kier molecular flexibility index (Phi) is 2.96. The first kappa shape index (κ1) is 12.2. The van der Waals surface area contributed by atoms with Gasteiger partial charge >= 0.3 is 0 Å². The maximum absolute atomic E-state index is 5.36. The highest BCUT2D eigenvalue weighted by molar-refractivity contribution is 5.55. The van der Waals surface area contributed by atoms with Crippen LogP contribution in [-0.4, -0.2) is 16.7 Å². The van der Waals surface area contributed by atoms with Gasteiger partial charge in [0.25, 0.3) is 0 Å². The molecule has 4 rings (SSSR count). The van der Waals surface area contributed by atoms with E-state index in [1.165, 1.54) is 11.3 Å². The first-order valence-corrected chi connectivity index (χ1v) is 7.08. The Labute approximate surface area is 122 Å². The van der Waals surface area contributed by atoms with Crippen LogP contribution in [0.1, 0.15) is 17.9 Å². The Morgan fingerprint density at radius 2 is 2.14 bits per heavy atom. The third-order valence-electron chi connectivity index (χ3n) is 3.78. The maximum atomic E-state index is 5.36. The average molecular weight is 281 g/mol. The number of hydrogen-bond acceptors (Lipinski definition) is 5. The molecule has 0 atom stereocenters. The van der Waals surface area contributed by atoms with E-state index >= 15 is 0 Å². The van der Waals surface area contributed by atoms with Crippen molar-refractivity contribution in [1.82, 2.24) is 10.1 Å². The van der Waals surface area contributed by atoms with Crippen molar-refractivity contribution in [2.75, 3.05) is 11.4 Å². The minimum absolute atomic E-state index is 0.573. The van der Waals surface area contributed by atoms with Gasteiger partial charge in [0.15, 0.2) is 0 Å². The maximum Gasteiger partial charge on any atom is 0.246 e. The van der Waals surface area contributed by atoms with Gasteiger partial charge in [-0.15, -0.1) is 0 Å². The van der Waals surface area contributed by atoms with Gasteiger partial charge < -0.3 is 13.8 Å². The third-order valence-corrected chi connectivity index (χ3v) is 3.78. The smallest absolute Gasteiger partial charge is 0.246 e. The molecular weight excluding hydrogens is 266 g/mol. The summed E-state index contributed by atoms with van der Waals surface area (Å²) in [5, 5.41) is 4.01. The van der Waals surface area contributed by atoms with Crippen molar-refractivity contribution in [2.24, 2.45) is 0 Å². The van der Waals surface area contributed by atoms with Gasteiger partial charge in [-0.1, -0.05) is 23.4 Å². The summed E-state index contributed by atoms with van der Waals surface area (Å²) < 4.78 is 10.4. The fourth-order valence-electron chi connectivity index (χ4n) is 2.77. The highest BCUT2D eigenvalue weighted by Gasteiger charge is 2.19. The van der Waals surface area contributed by atoms with Crippen molar-refractivity contribution in [3.63, 3.8) is 0 Å². The van der Waals surface area contributed by atoms with E-state index < -0.39 is 0 Å². The van der Waals surface area contributed by atoms with Crippen molar-refractivity contribution in [2.45, 2.75) is 19.4 Å². The second-order valence-electron chi connectivity index (χ2n) is 5.18. The first-order valence-electron chi connectivity index (χ1n) is 7.08. The van der Waals surface area contributed by atoms with Crippen molar-refractivity contribution >= 4 is 5.69 Å². The Hall–Kier alpha value is -2.56. The molecule has 1 aliphatic heterocycles. The van der Waals surface area contributed by atoms with E-state index in [1.807, 2.05) is 6.07 Å². The molecular formula is C16H15N3O2. The van der Waals surface area contributed by atoms with E-state index in [4.69, 9.17) is 8.94 Å². The normalized spacial score (nSPS) is 14.2. The van der Waals surface area contributed by atoms with Crippen LogP contribution in [-0.2, 0) is 13.0 Å². The topological polar surface area (TPSA) is 55.3 Å². The number of aromatic nitrogens is 2. The third kappa shape index (κ3) is 2.31. The summed E-state index contributed by atoms with van der Waals surface area (Å²) in [6.07, 6.45) is 5.51. The van der Waals surface area contributed by atoms with Crippen LogP contribution >= 0.6 is 0 Å². The van der Waals surface area contributed by atoms with Gasteiger partial charge in [0.05, 0.1) is 18.4 Å². The second-order valence-corrected chi connectivity index (χ2v) is 5.18. The molecule has 0 saturated carbocycles. The monoisotopic (exact) mass is 281 g/mol. The highest BCUT2D eigenvalue weighted by atomic mass is 16.5. The predicted molar refractivity (Wildman–Crippen MR) is 77.8 cm³/mol. The van der Waals surface area contributed by atoms with Crippen LogP contribution in [0.5, 0.6) is 0 Å². The summed E-state index contributed by atoms with van der Waals surface area (Å²) in [4.78, 5) is 6.74. The summed E-state index contributed by atoms with van der Waals surface area (Å²) >= 11 is 0. The first-order chi connectivity index (χ1) is 10.4. The van der Waals surface area contributed by atoms with E-state index in [9.17, 15) is 0 Å². The number of rotatable bonds is 3. The standard InChI is InChI=1S/C16H15N3O2/c1-2-6-14-12(4-1)5-3-8-19(14)10-15-17-16(18-21-15)13-7-9-20-11-13/h1-2,4,6-7,9,11H,3,5,8,10H2. The van der Waals surface area contributed by atoms with Crippen LogP contribution in [0, 0.1) is 0 Å². The Morgan fingerprint density at radius 1 is 1.19 bits per heavy atom. The van der Waals surface area contributed by atoms with Crippen LogP contribution in [0.25, 0.3) is 11.4 Å². The lowest BCUT2D eigenvalue weighted by Gasteiger charge is -2.29. The fourth-order valence-corrected chi connectivity index (χ4v) is 2.77. The molecule has 5 nitrogen and oxygen atoms in total. The van der Waals surface area contributed by atoms with Crippen LogP contribution in [0.4, 0.5) is 5.69 Å². The summed E-state index contributed by atoms with van der Waals surface area (Å²) in [5.41, 5.74) is 3.49. The quantitative estimate of drug-likeness (QED) is 0.737. The summed E-state index contributed by atoms with van der Waals surface area (Å²) in [7, 11) is 0. The summed E-state index contributed by atoms with van der Waals surface area (Å²) in [6, 6.07) is 10.3. The van der Waals surface area contributed by atoms with Crippen molar-refractivity contribution in [1.29, 1.82) is 0 Å². The molecule has 106 valence electrons. The van der Waals surface area contributed by atoms with Gasteiger partial charge in [-0.25, -0.2) is 0 Å². The molecule has 0 N–H and O–H groups in total. The number of para-hydroxylation sites is 1. The molecule has 1 aromatic carbocycles.